The maximum atomic E-state index is 13.0. The van der Waals surface area contributed by atoms with Gasteiger partial charge in [0.2, 0.25) is 5.95 Å². The molecule has 4 heterocycles. The first kappa shape index (κ1) is 24.2. The average molecular weight is 510 g/mol. The second kappa shape index (κ2) is 9.95. The smallest absolute Gasteiger partial charge is 0.378 e. The fourth-order valence-electron chi connectivity index (χ4n) is 5.48. The normalized spacial score (nSPS) is 18.5. The monoisotopic (exact) mass is 509 g/mol. The third-order valence-electron chi connectivity index (χ3n) is 7.52. The number of alkyl halides is 3. The quantitative estimate of drug-likeness (QED) is 0.518. The van der Waals surface area contributed by atoms with E-state index in [2.05, 4.69) is 39.0 Å². The van der Waals surface area contributed by atoms with Crippen molar-refractivity contribution in [2.24, 2.45) is 0 Å². The third-order valence-corrected chi connectivity index (χ3v) is 7.52. The number of rotatable bonds is 4. The van der Waals surface area contributed by atoms with Gasteiger partial charge in [-0.1, -0.05) is 36.4 Å². The molecule has 0 N–H and O–H groups in total. The van der Waals surface area contributed by atoms with Gasteiger partial charge in [0.25, 0.3) is 0 Å². The van der Waals surface area contributed by atoms with Gasteiger partial charge in [0.1, 0.15) is 5.82 Å². The van der Waals surface area contributed by atoms with Gasteiger partial charge in [0, 0.05) is 57.8 Å². The molecule has 1 aromatic heterocycles. The molecule has 194 valence electrons. The molecule has 6 rings (SSSR count). The van der Waals surface area contributed by atoms with Gasteiger partial charge in [-0.25, -0.2) is 4.98 Å². The summed E-state index contributed by atoms with van der Waals surface area (Å²) in [5.74, 6) is 1.75. The lowest BCUT2D eigenvalue weighted by Crippen LogP contribution is -2.40. The van der Waals surface area contributed by atoms with E-state index in [0.717, 1.165) is 74.2 Å². The van der Waals surface area contributed by atoms with Crippen LogP contribution in [-0.4, -0.2) is 54.3 Å². The van der Waals surface area contributed by atoms with Crippen LogP contribution in [0.15, 0.2) is 48.5 Å². The number of ether oxygens (including phenoxy) is 1. The molecule has 0 saturated carbocycles. The maximum absolute atomic E-state index is 13.0. The number of hydrogen-bond donors (Lipinski definition) is 0. The van der Waals surface area contributed by atoms with Gasteiger partial charge in [0.15, 0.2) is 0 Å². The zero-order valence-corrected chi connectivity index (χ0v) is 20.7. The van der Waals surface area contributed by atoms with Crippen LogP contribution in [0.2, 0.25) is 0 Å². The third kappa shape index (κ3) is 5.15. The van der Waals surface area contributed by atoms with E-state index >= 15 is 0 Å². The first-order valence-electron chi connectivity index (χ1n) is 12.9. The fourth-order valence-corrected chi connectivity index (χ4v) is 5.48. The van der Waals surface area contributed by atoms with E-state index in [0.29, 0.717) is 26.3 Å². The minimum Gasteiger partial charge on any atom is -0.378 e. The summed E-state index contributed by atoms with van der Waals surface area (Å²) in [6.45, 7) is 6.65. The molecule has 2 aromatic carbocycles. The zero-order valence-electron chi connectivity index (χ0n) is 20.7. The van der Waals surface area contributed by atoms with Crippen LogP contribution < -0.4 is 9.80 Å². The number of nitrogens with zero attached hydrogens (tertiary/aromatic N) is 5. The first-order chi connectivity index (χ1) is 17.9. The molecule has 0 amide bonds. The van der Waals surface area contributed by atoms with Crippen molar-refractivity contribution in [2.75, 3.05) is 49.2 Å². The summed E-state index contributed by atoms with van der Waals surface area (Å²) in [4.78, 5) is 17.0. The van der Waals surface area contributed by atoms with Crippen LogP contribution in [0.3, 0.4) is 0 Å². The molecule has 0 spiro atoms. The Balaban J connectivity index is 1.26. The van der Waals surface area contributed by atoms with Gasteiger partial charge in [-0.2, -0.15) is 18.2 Å². The highest BCUT2D eigenvalue weighted by Gasteiger charge is 2.31. The lowest BCUT2D eigenvalue weighted by molar-refractivity contribution is -0.137. The van der Waals surface area contributed by atoms with Gasteiger partial charge < -0.3 is 14.5 Å². The van der Waals surface area contributed by atoms with Gasteiger partial charge in [0.05, 0.1) is 24.5 Å². The molecule has 0 atom stereocenters. The largest absolute Gasteiger partial charge is 0.416 e. The number of hydrogen-bond acceptors (Lipinski definition) is 6. The molecule has 1 fully saturated rings. The molecule has 6 nitrogen and oxygen atoms in total. The highest BCUT2D eigenvalue weighted by molar-refractivity contribution is 5.55. The summed E-state index contributed by atoms with van der Waals surface area (Å²) >= 11 is 0. The van der Waals surface area contributed by atoms with E-state index in [1.807, 2.05) is 0 Å². The van der Waals surface area contributed by atoms with Gasteiger partial charge in [-0.15, -0.1) is 0 Å². The van der Waals surface area contributed by atoms with E-state index in [1.54, 1.807) is 12.1 Å². The van der Waals surface area contributed by atoms with E-state index < -0.39 is 11.7 Å². The molecule has 1 saturated heterocycles. The standard InChI is InChI=1S/C28H30F3N5O/c29-28(30,31)23-7-5-20(6-8-23)17-34-11-10-25-24(19-34)26(35-13-15-37-16-14-35)33-27(32-25)36-12-9-21-3-1-2-4-22(21)18-36/h1-8H,9-19H2. The maximum Gasteiger partial charge on any atom is 0.416 e. The van der Waals surface area contributed by atoms with Crippen LogP contribution in [0, 0.1) is 0 Å². The molecule has 3 aliphatic rings. The van der Waals surface area contributed by atoms with Crippen molar-refractivity contribution < 1.29 is 17.9 Å². The molecular formula is C28H30F3N5O. The molecule has 0 unspecified atom stereocenters. The van der Waals surface area contributed by atoms with Crippen LogP contribution in [0.4, 0.5) is 24.9 Å². The highest BCUT2D eigenvalue weighted by Crippen LogP contribution is 2.33. The predicted molar refractivity (Wildman–Crippen MR) is 136 cm³/mol. The summed E-state index contributed by atoms with van der Waals surface area (Å²) in [5.41, 5.74) is 5.18. The Morgan fingerprint density at radius 2 is 1.54 bits per heavy atom. The first-order valence-corrected chi connectivity index (χ1v) is 12.9. The number of aromatic nitrogens is 2. The minimum absolute atomic E-state index is 0.588. The Kier molecular flexibility index (Phi) is 6.50. The number of halogens is 3. The lowest BCUT2D eigenvalue weighted by atomic mass is 10.00. The van der Waals surface area contributed by atoms with Crippen LogP contribution in [0.25, 0.3) is 0 Å². The van der Waals surface area contributed by atoms with Crippen molar-refractivity contribution in [3.05, 3.63) is 82.0 Å². The zero-order chi connectivity index (χ0) is 25.4. The van der Waals surface area contributed by atoms with Crippen molar-refractivity contribution in [1.82, 2.24) is 14.9 Å². The molecule has 3 aliphatic heterocycles. The van der Waals surface area contributed by atoms with Crippen LogP contribution in [0.5, 0.6) is 0 Å². The number of fused-ring (bicyclic) bond motifs is 2. The topological polar surface area (TPSA) is 44.7 Å². The molecule has 37 heavy (non-hydrogen) atoms. The Labute approximate surface area is 214 Å². The Bertz CT molecular complexity index is 1260. The number of benzene rings is 2. The van der Waals surface area contributed by atoms with Gasteiger partial charge >= 0.3 is 6.18 Å². The second-order valence-electron chi connectivity index (χ2n) is 9.97. The molecule has 0 aliphatic carbocycles. The molecule has 0 bridgehead atoms. The van der Waals surface area contributed by atoms with Crippen molar-refractivity contribution in [1.29, 1.82) is 0 Å². The summed E-state index contributed by atoms with van der Waals surface area (Å²) in [6.07, 6.45) is -2.56. The van der Waals surface area contributed by atoms with E-state index in [1.165, 1.54) is 23.3 Å². The summed E-state index contributed by atoms with van der Waals surface area (Å²) < 4.78 is 44.5. The van der Waals surface area contributed by atoms with E-state index in [9.17, 15) is 13.2 Å². The molecular weight excluding hydrogens is 479 g/mol. The summed E-state index contributed by atoms with van der Waals surface area (Å²) in [5, 5.41) is 0. The van der Waals surface area contributed by atoms with Crippen LogP contribution in [-0.2, 0) is 43.4 Å². The molecule has 0 radical (unpaired) electrons. The predicted octanol–water partition coefficient (Wildman–Crippen LogP) is 4.45. The van der Waals surface area contributed by atoms with Gasteiger partial charge in [-0.3, -0.25) is 4.90 Å². The van der Waals surface area contributed by atoms with Crippen LogP contribution >= 0.6 is 0 Å². The van der Waals surface area contributed by atoms with Gasteiger partial charge in [-0.05, 0) is 35.2 Å². The highest BCUT2D eigenvalue weighted by atomic mass is 19.4. The Morgan fingerprint density at radius 3 is 2.30 bits per heavy atom. The van der Waals surface area contributed by atoms with Crippen molar-refractivity contribution in [3.8, 4) is 0 Å². The Morgan fingerprint density at radius 1 is 0.784 bits per heavy atom. The fraction of sp³-hybridized carbons (Fsp3) is 0.429. The minimum atomic E-state index is -4.32. The SMILES string of the molecule is FC(F)(F)c1ccc(CN2CCc3nc(N4CCc5ccccc5C4)nc(N4CCOCC4)c3C2)cc1. The summed E-state index contributed by atoms with van der Waals surface area (Å²) in [7, 11) is 0. The van der Waals surface area contributed by atoms with Crippen molar-refractivity contribution in [3.63, 3.8) is 0 Å². The van der Waals surface area contributed by atoms with Crippen molar-refractivity contribution in [2.45, 2.75) is 38.7 Å². The van der Waals surface area contributed by atoms with Crippen LogP contribution in [0.1, 0.15) is 33.5 Å². The average Bonchev–Trinajstić information content (AvgIpc) is 2.92. The summed E-state index contributed by atoms with van der Waals surface area (Å²) in [6, 6.07) is 14.0. The van der Waals surface area contributed by atoms with E-state index in [-0.39, 0.29) is 0 Å². The molecule has 3 aromatic rings. The number of anilines is 2. The van der Waals surface area contributed by atoms with E-state index in [4.69, 9.17) is 14.7 Å². The lowest BCUT2D eigenvalue weighted by Gasteiger charge is -2.36. The number of morpholine rings is 1. The second-order valence-corrected chi connectivity index (χ2v) is 9.97. The van der Waals surface area contributed by atoms with Crippen molar-refractivity contribution >= 4 is 11.8 Å². The Hall–Kier alpha value is -3.17. The molecule has 9 heteroatoms.